The highest BCUT2D eigenvalue weighted by Crippen LogP contribution is 2.39. The monoisotopic (exact) mass is 572 g/mol. The number of carbonyl (C=O) groups is 2. The molecule has 4 rings (SSSR count). The summed E-state index contributed by atoms with van der Waals surface area (Å²) < 4.78 is 12.0. The topological polar surface area (TPSA) is 102 Å². The number of benzene rings is 2. The molecule has 1 saturated heterocycles. The molecule has 2 amide bonds. The first-order valence-corrected chi connectivity index (χ1v) is 14.7. The van der Waals surface area contributed by atoms with Crippen molar-refractivity contribution in [2.45, 2.75) is 66.2 Å². The lowest BCUT2D eigenvalue weighted by molar-refractivity contribution is -0.118. The standard InChI is InChI=1S/C34H44N4O4/c1-21(2)32(39)37-28-18-25(34(4,5)6)19-29(31(28)41-7)38-33(40)24-9-8-22(3)30(17-24)42-27-12-15-36-26(20-27)16-23-10-13-35-14-11-23/h8-9,12,15,17-21,23,35H,10-11,13-14,16H2,1-7H3,(H,37,39)(H,38,40). The van der Waals surface area contributed by atoms with E-state index in [0.29, 0.717) is 40.1 Å². The van der Waals surface area contributed by atoms with Crippen molar-refractivity contribution in [2.24, 2.45) is 11.8 Å². The Morgan fingerprint density at radius 1 is 1.02 bits per heavy atom. The van der Waals surface area contributed by atoms with Crippen LogP contribution in [0.3, 0.4) is 0 Å². The van der Waals surface area contributed by atoms with Gasteiger partial charge in [0.25, 0.3) is 5.91 Å². The van der Waals surface area contributed by atoms with Crippen LogP contribution in [0.5, 0.6) is 17.2 Å². The molecule has 1 aliphatic rings. The Morgan fingerprint density at radius 3 is 2.36 bits per heavy atom. The third-order valence-corrected chi connectivity index (χ3v) is 7.61. The van der Waals surface area contributed by atoms with Gasteiger partial charge in [0.05, 0.1) is 18.5 Å². The molecule has 3 aromatic rings. The van der Waals surface area contributed by atoms with Gasteiger partial charge in [0.1, 0.15) is 11.5 Å². The van der Waals surface area contributed by atoms with Crippen LogP contribution in [0.4, 0.5) is 11.4 Å². The number of piperidine rings is 1. The van der Waals surface area contributed by atoms with Crippen molar-refractivity contribution < 1.29 is 19.1 Å². The Labute approximate surface area is 249 Å². The first-order valence-electron chi connectivity index (χ1n) is 14.7. The third-order valence-electron chi connectivity index (χ3n) is 7.61. The van der Waals surface area contributed by atoms with Crippen LogP contribution >= 0.6 is 0 Å². The number of rotatable bonds is 9. The summed E-state index contributed by atoms with van der Waals surface area (Å²) in [6.07, 6.45) is 5.01. The molecule has 2 heterocycles. The van der Waals surface area contributed by atoms with E-state index in [4.69, 9.17) is 9.47 Å². The van der Waals surface area contributed by atoms with E-state index >= 15 is 0 Å². The minimum Gasteiger partial charge on any atom is -0.492 e. The minimum atomic E-state index is -0.313. The molecule has 0 radical (unpaired) electrons. The number of ether oxygens (including phenoxy) is 2. The number of nitrogens with zero attached hydrogens (tertiary/aromatic N) is 1. The number of pyridine rings is 1. The number of amides is 2. The van der Waals surface area contributed by atoms with Crippen LogP contribution in [-0.4, -0.2) is 37.0 Å². The summed E-state index contributed by atoms with van der Waals surface area (Å²) in [6.45, 7) is 13.9. The maximum absolute atomic E-state index is 13.6. The van der Waals surface area contributed by atoms with Gasteiger partial charge < -0.3 is 25.4 Å². The average molecular weight is 573 g/mol. The first-order chi connectivity index (χ1) is 19.9. The average Bonchev–Trinajstić information content (AvgIpc) is 2.94. The SMILES string of the molecule is COc1c(NC(=O)c2ccc(C)c(Oc3ccnc(CC4CCNCC4)c3)c2)cc(C(C)(C)C)cc1NC(=O)C(C)C. The normalized spacial score (nSPS) is 14.0. The molecule has 0 bridgehead atoms. The Balaban J connectivity index is 1.58. The fourth-order valence-corrected chi connectivity index (χ4v) is 4.93. The van der Waals surface area contributed by atoms with Gasteiger partial charge >= 0.3 is 0 Å². The molecule has 2 aromatic carbocycles. The summed E-state index contributed by atoms with van der Waals surface area (Å²) in [5, 5.41) is 9.38. The fourth-order valence-electron chi connectivity index (χ4n) is 4.93. The molecule has 0 spiro atoms. The smallest absolute Gasteiger partial charge is 0.255 e. The lowest BCUT2D eigenvalue weighted by atomic mass is 9.86. The van der Waals surface area contributed by atoms with Gasteiger partial charge in [0.2, 0.25) is 5.91 Å². The Hall–Kier alpha value is -3.91. The number of hydrogen-bond acceptors (Lipinski definition) is 6. The number of anilines is 2. The van der Waals surface area contributed by atoms with Crippen molar-refractivity contribution in [1.82, 2.24) is 10.3 Å². The first kappa shape index (κ1) is 31.0. The molecule has 224 valence electrons. The van der Waals surface area contributed by atoms with Gasteiger partial charge in [-0.15, -0.1) is 0 Å². The number of hydrogen-bond donors (Lipinski definition) is 3. The van der Waals surface area contributed by atoms with Gasteiger partial charge in [-0.3, -0.25) is 14.6 Å². The maximum atomic E-state index is 13.6. The van der Waals surface area contributed by atoms with Gasteiger partial charge in [-0.1, -0.05) is 40.7 Å². The van der Waals surface area contributed by atoms with E-state index in [-0.39, 0.29) is 23.1 Å². The zero-order chi connectivity index (χ0) is 30.4. The van der Waals surface area contributed by atoms with Crippen LogP contribution in [-0.2, 0) is 16.6 Å². The predicted octanol–water partition coefficient (Wildman–Crippen LogP) is 6.88. The highest BCUT2D eigenvalue weighted by molar-refractivity contribution is 6.06. The Kier molecular flexibility index (Phi) is 9.89. The van der Waals surface area contributed by atoms with Crippen LogP contribution < -0.4 is 25.4 Å². The molecule has 0 saturated carbocycles. The molecule has 0 atom stereocenters. The quantitative estimate of drug-likeness (QED) is 0.258. The van der Waals surface area contributed by atoms with Crippen molar-refractivity contribution in [2.75, 3.05) is 30.8 Å². The molecule has 1 aliphatic heterocycles. The number of nitrogens with one attached hydrogen (secondary N) is 3. The zero-order valence-corrected chi connectivity index (χ0v) is 25.9. The van der Waals surface area contributed by atoms with E-state index in [1.807, 2.05) is 51.1 Å². The van der Waals surface area contributed by atoms with E-state index in [0.717, 1.165) is 49.2 Å². The van der Waals surface area contributed by atoms with Crippen LogP contribution in [0.1, 0.15) is 74.6 Å². The lowest BCUT2D eigenvalue weighted by Crippen LogP contribution is -2.28. The fraction of sp³-hybridized carbons (Fsp3) is 0.441. The number of aryl methyl sites for hydroxylation is 1. The molecule has 0 aliphatic carbocycles. The number of methoxy groups -OCH3 is 1. The van der Waals surface area contributed by atoms with E-state index in [9.17, 15) is 9.59 Å². The van der Waals surface area contributed by atoms with Crippen LogP contribution in [0.25, 0.3) is 0 Å². The van der Waals surface area contributed by atoms with E-state index < -0.39 is 0 Å². The molecule has 1 fully saturated rings. The van der Waals surface area contributed by atoms with Crippen molar-refractivity contribution in [3.05, 3.63) is 71.0 Å². The Morgan fingerprint density at radius 2 is 1.71 bits per heavy atom. The zero-order valence-electron chi connectivity index (χ0n) is 25.9. The van der Waals surface area contributed by atoms with Crippen LogP contribution in [0, 0.1) is 18.8 Å². The maximum Gasteiger partial charge on any atom is 0.255 e. The Bertz CT molecular complexity index is 1420. The summed E-state index contributed by atoms with van der Waals surface area (Å²) in [5.41, 5.74) is 4.08. The van der Waals surface area contributed by atoms with Crippen molar-refractivity contribution in [1.29, 1.82) is 0 Å². The lowest BCUT2D eigenvalue weighted by Gasteiger charge is -2.24. The van der Waals surface area contributed by atoms with Gasteiger partial charge in [0.15, 0.2) is 5.75 Å². The summed E-state index contributed by atoms with van der Waals surface area (Å²) in [7, 11) is 1.53. The van der Waals surface area contributed by atoms with Crippen molar-refractivity contribution in [3.63, 3.8) is 0 Å². The van der Waals surface area contributed by atoms with Gasteiger partial charge in [-0.25, -0.2) is 0 Å². The number of carbonyl (C=O) groups excluding carboxylic acids is 2. The van der Waals surface area contributed by atoms with Gasteiger partial charge in [-0.05, 0) is 92.1 Å². The second-order valence-electron chi connectivity index (χ2n) is 12.4. The molecule has 3 N–H and O–H groups in total. The summed E-state index contributed by atoms with van der Waals surface area (Å²) >= 11 is 0. The predicted molar refractivity (Wildman–Crippen MR) is 168 cm³/mol. The molecule has 8 nitrogen and oxygen atoms in total. The minimum absolute atomic E-state index is 0.132. The van der Waals surface area contributed by atoms with Crippen LogP contribution in [0.2, 0.25) is 0 Å². The summed E-state index contributed by atoms with van der Waals surface area (Å²) in [4.78, 5) is 30.7. The molecule has 0 unspecified atom stereocenters. The summed E-state index contributed by atoms with van der Waals surface area (Å²) in [6, 6.07) is 13.0. The van der Waals surface area contributed by atoms with Crippen molar-refractivity contribution >= 4 is 23.2 Å². The van der Waals surface area contributed by atoms with Crippen molar-refractivity contribution in [3.8, 4) is 17.2 Å². The number of aromatic nitrogens is 1. The second-order valence-corrected chi connectivity index (χ2v) is 12.4. The van der Waals surface area contributed by atoms with E-state index in [1.54, 1.807) is 18.3 Å². The highest BCUT2D eigenvalue weighted by atomic mass is 16.5. The molecular formula is C34H44N4O4. The largest absolute Gasteiger partial charge is 0.492 e. The van der Waals surface area contributed by atoms with E-state index in [1.165, 1.54) is 7.11 Å². The second kappa shape index (κ2) is 13.4. The van der Waals surface area contributed by atoms with Gasteiger partial charge in [-0.2, -0.15) is 0 Å². The van der Waals surface area contributed by atoms with Gasteiger partial charge in [0, 0.05) is 29.4 Å². The van der Waals surface area contributed by atoms with Crippen LogP contribution in [0.15, 0.2) is 48.7 Å². The third kappa shape index (κ3) is 7.88. The molecule has 42 heavy (non-hydrogen) atoms. The molecular weight excluding hydrogens is 528 g/mol. The summed E-state index contributed by atoms with van der Waals surface area (Å²) in [5.74, 6) is 1.65. The molecule has 8 heteroatoms. The highest BCUT2D eigenvalue weighted by Gasteiger charge is 2.23. The molecule has 1 aromatic heterocycles. The van der Waals surface area contributed by atoms with E-state index in [2.05, 4.69) is 41.7 Å².